The van der Waals surface area contributed by atoms with Crippen LogP contribution in [0, 0.1) is 11.8 Å². The molecule has 0 aliphatic heterocycles. The lowest BCUT2D eigenvalue weighted by molar-refractivity contribution is 0.0722. The molecule has 0 saturated heterocycles. The van der Waals surface area contributed by atoms with Crippen LogP contribution in [0.25, 0.3) is 0 Å². The van der Waals surface area contributed by atoms with Crippen LogP contribution < -0.4 is 0 Å². The summed E-state index contributed by atoms with van der Waals surface area (Å²) in [7, 11) is 0. The average molecular weight is 242 g/mol. The molecule has 0 aromatic heterocycles. The lowest BCUT2D eigenvalue weighted by Crippen LogP contribution is -2.38. The molecular formula is C15H14O3. The van der Waals surface area contributed by atoms with Gasteiger partial charge in [-0.2, -0.15) is 0 Å². The van der Waals surface area contributed by atoms with Crippen LogP contribution in [0.2, 0.25) is 0 Å². The third-order valence-electron chi connectivity index (χ3n) is 3.98. The van der Waals surface area contributed by atoms with Crippen LogP contribution in [0.15, 0.2) is 29.8 Å². The first-order valence-corrected chi connectivity index (χ1v) is 6.15. The molecule has 0 unspecified atom stereocenters. The van der Waals surface area contributed by atoms with E-state index in [9.17, 15) is 14.7 Å². The Hall–Kier alpha value is -1.90. The van der Waals surface area contributed by atoms with E-state index in [2.05, 4.69) is 0 Å². The predicted molar refractivity (Wildman–Crippen MR) is 66.7 cm³/mol. The summed E-state index contributed by atoms with van der Waals surface area (Å²) in [5.41, 5.74) is 1.77. The van der Waals surface area contributed by atoms with E-state index in [1.165, 1.54) is 11.6 Å². The quantitative estimate of drug-likeness (QED) is 0.712. The molecule has 0 saturated carbocycles. The molecule has 0 spiro atoms. The first-order chi connectivity index (χ1) is 8.59. The number of allylic oxidation sites excluding steroid dienone is 2. The van der Waals surface area contributed by atoms with Gasteiger partial charge in [-0.1, -0.05) is 23.8 Å². The fourth-order valence-electron chi connectivity index (χ4n) is 3.02. The van der Waals surface area contributed by atoms with Gasteiger partial charge in [0.25, 0.3) is 0 Å². The summed E-state index contributed by atoms with van der Waals surface area (Å²) >= 11 is 0. The Labute approximate surface area is 105 Å². The van der Waals surface area contributed by atoms with Gasteiger partial charge in [0.1, 0.15) is 5.75 Å². The molecule has 92 valence electrons. The molecule has 0 amide bonds. The summed E-state index contributed by atoms with van der Waals surface area (Å²) < 4.78 is 0. The van der Waals surface area contributed by atoms with Crippen LogP contribution in [-0.2, 0) is 0 Å². The molecule has 1 aromatic rings. The Morgan fingerprint density at radius 2 is 1.94 bits per heavy atom. The number of fused-ring (bicyclic) bond motifs is 2. The molecule has 2 atom stereocenters. The predicted octanol–water partition coefficient (Wildman–Crippen LogP) is 2.74. The maximum Gasteiger partial charge on any atom is 0.171 e. The molecule has 1 N–H and O–H groups in total. The van der Waals surface area contributed by atoms with Crippen molar-refractivity contribution in [2.75, 3.05) is 0 Å². The Kier molecular flexibility index (Phi) is 2.37. The van der Waals surface area contributed by atoms with Gasteiger partial charge in [-0.3, -0.25) is 9.59 Å². The Balaban J connectivity index is 2.16. The van der Waals surface area contributed by atoms with Gasteiger partial charge in [0.2, 0.25) is 0 Å². The van der Waals surface area contributed by atoms with Gasteiger partial charge in [0, 0.05) is 17.4 Å². The molecule has 3 nitrogen and oxygen atoms in total. The zero-order valence-electron chi connectivity index (χ0n) is 10.1. The van der Waals surface area contributed by atoms with E-state index in [1.54, 1.807) is 12.1 Å². The number of hydrogen-bond donors (Lipinski definition) is 1. The zero-order valence-corrected chi connectivity index (χ0v) is 10.1. The van der Waals surface area contributed by atoms with Gasteiger partial charge < -0.3 is 5.11 Å². The van der Waals surface area contributed by atoms with Gasteiger partial charge in [0.05, 0.1) is 5.56 Å². The summed E-state index contributed by atoms with van der Waals surface area (Å²) in [6.07, 6.45) is 3.29. The lowest BCUT2D eigenvalue weighted by Gasteiger charge is -2.33. The average Bonchev–Trinajstić information content (AvgIpc) is 2.35. The topological polar surface area (TPSA) is 54.4 Å². The maximum atomic E-state index is 12.4. The fraction of sp³-hybridized carbons (Fsp3) is 0.333. The summed E-state index contributed by atoms with van der Waals surface area (Å²) in [6.45, 7) is 1.99. The number of carbonyl (C=O) groups is 2. The lowest BCUT2D eigenvalue weighted by atomic mass is 9.68. The highest BCUT2D eigenvalue weighted by atomic mass is 16.3. The van der Waals surface area contributed by atoms with Crippen LogP contribution in [0.4, 0.5) is 0 Å². The standard InChI is InChI=1S/C15H14O3/c1-8-5-6-9-11(7-8)14(17)10-3-2-4-12(16)13(10)15(9)18/h2-5,9,11,16H,6-7H2,1H3/t9-,11+/m0/s1. The molecule has 0 fully saturated rings. The van der Waals surface area contributed by atoms with Gasteiger partial charge in [-0.25, -0.2) is 0 Å². The number of rotatable bonds is 0. The van der Waals surface area contributed by atoms with E-state index in [0.29, 0.717) is 18.4 Å². The first-order valence-electron chi connectivity index (χ1n) is 6.15. The molecule has 0 bridgehead atoms. The highest BCUT2D eigenvalue weighted by Crippen LogP contribution is 2.41. The van der Waals surface area contributed by atoms with Crippen molar-refractivity contribution in [1.29, 1.82) is 0 Å². The second-order valence-electron chi connectivity index (χ2n) is 5.13. The van der Waals surface area contributed by atoms with Crippen molar-refractivity contribution in [2.45, 2.75) is 19.8 Å². The molecule has 0 radical (unpaired) electrons. The number of phenols is 1. The van der Waals surface area contributed by atoms with Gasteiger partial charge >= 0.3 is 0 Å². The SMILES string of the molecule is CC1=CC[C@@H]2C(=O)c3c(O)cccc3C(=O)[C@@H]2C1. The van der Waals surface area contributed by atoms with Crippen LogP contribution in [0.3, 0.4) is 0 Å². The minimum atomic E-state index is -0.290. The Bertz CT molecular complexity index is 583. The van der Waals surface area contributed by atoms with Crippen LogP contribution in [0.5, 0.6) is 5.75 Å². The molecule has 18 heavy (non-hydrogen) atoms. The molecular weight excluding hydrogens is 228 g/mol. The molecule has 2 aliphatic carbocycles. The number of aromatic hydroxyl groups is 1. The monoisotopic (exact) mass is 242 g/mol. The van der Waals surface area contributed by atoms with E-state index >= 15 is 0 Å². The number of phenolic OH excluding ortho intramolecular Hbond substituents is 1. The van der Waals surface area contributed by atoms with Crippen LogP contribution in [0.1, 0.15) is 40.5 Å². The van der Waals surface area contributed by atoms with Crippen molar-refractivity contribution in [1.82, 2.24) is 0 Å². The van der Waals surface area contributed by atoms with Crippen LogP contribution >= 0.6 is 0 Å². The van der Waals surface area contributed by atoms with Gasteiger partial charge in [0.15, 0.2) is 11.6 Å². The summed E-state index contributed by atoms with van der Waals surface area (Å²) in [6, 6.07) is 4.72. The second-order valence-corrected chi connectivity index (χ2v) is 5.13. The normalized spacial score (nSPS) is 26.4. The van der Waals surface area contributed by atoms with Crippen molar-refractivity contribution in [3.05, 3.63) is 41.0 Å². The minimum Gasteiger partial charge on any atom is -0.507 e. The van der Waals surface area contributed by atoms with E-state index in [-0.39, 0.29) is 34.7 Å². The zero-order chi connectivity index (χ0) is 12.9. The minimum absolute atomic E-state index is 0.00190. The Morgan fingerprint density at radius 1 is 1.17 bits per heavy atom. The van der Waals surface area contributed by atoms with E-state index in [0.717, 1.165) is 0 Å². The van der Waals surface area contributed by atoms with E-state index in [1.807, 2.05) is 13.0 Å². The highest BCUT2D eigenvalue weighted by Gasteiger charge is 2.43. The van der Waals surface area contributed by atoms with Crippen molar-refractivity contribution in [2.24, 2.45) is 11.8 Å². The molecule has 3 heteroatoms. The number of hydrogen-bond acceptors (Lipinski definition) is 3. The number of benzene rings is 1. The molecule has 3 rings (SSSR count). The molecule has 1 aromatic carbocycles. The van der Waals surface area contributed by atoms with E-state index < -0.39 is 0 Å². The molecule has 0 heterocycles. The van der Waals surface area contributed by atoms with Crippen LogP contribution in [-0.4, -0.2) is 16.7 Å². The van der Waals surface area contributed by atoms with Crippen molar-refractivity contribution >= 4 is 11.6 Å². The van der Waals surface area contributed by atoms with Crippen molar-refractivity contribution < 1.29 is 14.7 Å². The first kappa shape index (κ1) is 11.2. The summed E-state index contributed by atoms with van der Waals surface area (Å²) in [5, 5.41) is 9.80. The Morgan fingerprint density at radius 3 is 2.72 bits per heavy atom. The molecule has 2 aliphatic rings. The highest BCUT2D eigenvalue weighted by molar-refractivity contribution is 6.17. The van der Waals surface area contributed by atoms with Crippen molar-refractivity contribution in [3.63, 3.8) is 0 Å². The third kappa shape index (κ3) is 1.43. The van der Waals surface area contributed by atoms with Crippen molar-refractivity contribution in [3.8, 4) is 5.75 Å². The maximum absolute atomic E-state index is 12.4. The fourth-order valence-corrected chi connectivity index (χ4v) is 3.02. The van der Waals surface area contributed by atoms with E-state index in [4.69, 9.17) is 0 Å². The van der Waals surface area contributed by atoms with Gasteiger partial charge in [-0.05, 0) is 25.8 Å². The number of Topliss-reactive ketones (excluding diaryl/α,β-unsaturated/α-hetero) is 2. The van der Waals surface area contributed by atoms with Gasteiger partial charge in [-0.15, -0.1) is 0 Å². The number of ketones is 2. The largest absolute Gasteiger partial charge is 0.507 e. The number of carbonyl (C=O) groups excluding carboxylic acids is 2. The third-order valence-corrected chi connectivity index (χ3v) is 3.98. The smallest absolute Gasteiger partial charge is 0.171 e. The summed E-state index contributed by atoms with van der Waals surface area (Å²) in [5.74, 6) is -0.691. The summed E-state index contributed by atoms with van der Waals surface area (Å²) in [4.78, 5) is 24.8. The second kappa shape index (κ2) is 3.80.